The van der Waals surface area contributed by atoms with Crippen molar-refractivity contribution < 1.29 is 4.74 Å². The summed E-state index contributed by atoms with van der Waals surface area (Å²) < 4.78 is 5.06. The van der Waals surface area contributed by atoms with Gasteiger partial charge in [0.05, 0.1) is 7.11 Å². The fraction of sp³-hybridized carbons (Fsp3) is 0.0909. The maximum Gasteiger partial charge on any atom is 0.229 e. The lowest BCUT2D eigenvalue weighted by Crippen LogP contribution is -1.99. The highest BCUT2D eigenvalue weighted by molar-refractivity contribution is 5.55. The first-order chi connectivity index (χ1) is 7.78. The number of rotatable bonds is 3. The van der Waals surface area contributed by atoms with Gasteiger partial charge in [0, 0.05) is 11.9 Å². The Balaban J connectivity index is 2.14. The van der Waals surface area contributed by atoms with Gasteiger partial charge in [-0.05, 0) is 30.3 Å². The molecule has 1 heterocycles. The smallest absolute Gasteiger partial charge is 0.229 e. The average Bonchev–Trinajstić information content (AvgIpc) is 2.30. The van der Waals surface area contributed by atoms with Crippen molar-refractivity contribution in [3.63, 3.8) is 0 Å². The van der Waals surface area contributed by atoms with Gasteiger partial charge in [-0.2, -0.15) is 4.98 Å². The van der Waals surface area contributed by atoms with Gasteiger partial charge in [0.1, 0.15) is 11.6 Å². The zero-order chi connectivity index (χ0) is 11.4. The van der Waals surface area contributed by atoms with Crippen molar-refractivity contribution in [3.05, 3.63) is 36.5 Å². The van der Waals surface area contributed by atoms with Crippen LogP contribution < -0.4 is 15.8 Å². The largest absolute Gasteiger partial charge is 0.497 e. The summed E-state index contributed by atoms with van der Waals surface area (Å²) in [4.78, 5) is 8.08. The summed E-state index contributed by atoms with van der Waals surface area (Å²) in [5.41, 5.74) is 6.43. The van der Waals surface area contributed by atoms with Crippen LogP contribution >= 0.6 is 0 Å². The van der Waals surface area contributed by atoms with E-state index < -0.39 is 0 Å². The van der Waals surface area contributed by atoms with Gasteiger partial charge in [0.25, 0.3) is 0 Å². The maximum atomic E-state index is 5.55. The molecule has 1 aromatic heterocycles. The molecule has 0 aliphatic heterocycles. The third-order valence-corrected chi connectivity index (χ3v) is 2.02. The van der Waals surface area contributed by atoms with Crippen LogP contribution in [0, 0.1) is 0 Å². The Kier molecular flexibility index (Phi) is 2.86. The summed E-state index contributed by atoms with van der Waals surface area (Å²) in [6, 6.07) is 9.11. The minimum absolute atomic E-state index is 0.436. The van der Waals surface area contributed by atoms with Gasteiger partial charge in [-0.15, -0.1) is 0 Å². The van der Waals surface area contributed by atoms with Gasteiger partial charge in [-0.25, -0.2) is 4.98 Å². The SMILES string of the molecule is COc1ccc(Nc2nccc(N)n2)cc1. The Morgan fingerprint density at radius 2 is 1.94 bits per heavy atom. The summed E-state index contributed by atoms with van der Waals surface area (Å²) >= 11 is 0. The van der Waals surface area contributed by atoms with Gasteiger partial charge in [0.15, 0.2) is 0 Å². The molecule has 2 rings (SSSR count). The number of aromatic nitrogens is 2. The van der Waals surface area contributed by atoms with E-state index in [1.165, 1.54) is 0 Å². The molecule has 0 bridgehead atoms. The molecule has 0 radical (unpaired) electrons. The number of methoxy groups -OCH3 is 1. The van der Waals surface area contributed by atoms with E-state index in [4.69, 9.17) is 10.5 Å². The second kappa shape index (κ2) is 4.48. The van der Waals surface area contributed by atoms with Crippen molar-refractivity contribution in [1.29, 1.82) is 0 Å². The number of hydrogen-bond donors (Lipinski definition) is 2. The highest BCUT2D eigenvalue weighted by Gasteiger charge is 1.98. The predicted octanol–water partition coefficient (Wildman–Crippen LogP) is 1.81. The minimum Gasteiger partial charge on any atom is -0.497 e. The van der Waals surface area contributed by atoms with Gasteiger partial charge < -0.3 is 15.8 Å². The third-order valence-electron chi connectivity index (χ3n) is 2.02. The molecular formula is C11H12N4O. The van der Waals surface area contributed by atoms with Crippen LogP contribution in [-0.2, 0) is 0 Å². The summed E-state index contributed by atoms with van der Waals surface area (Å²) in [6.45, 7) is 0. The highest BCUT2D eigenvalue weighted by atomic mass is 16.5. The number of anilines is 3. The second-order valence-corrected chi connectivity index (χ2v) is 3.16. The Labute approximate surface area is 93.3 Å². The number of ether oxygens (including phenoxy) is 1. The van der Waals surface area contributed by atoms with E-state index in [0.717, 1.165) is 11.4 Å². The molecule has 0 unspecified atom stereocenters. The summed E-state index contributed by atoms with van der Waals surface area (Å²) in [5.74, 6) is 1.72. The number of nitrogens with one attached hydrogen (secondary N) is 1. The van der Waals surface area contributed by atoms with Crippen LogP contribution in [0.25, 0.3) is 0 Å². The third kappa shape index (κ3) is 2.38. The summed E-state index contributed by atoms with van der Waals surface area (Å²) in [6.07, 6.45) is 1.61. The number of hydrogen-bond acceptors (Lipinski definition) is 5. The minimum atomic E-state index is 0.436. The van der Waals surface area contributed by atoms with Gasteiger partial charge in [-0.1, -0.05) is 0 Å². The summed E-state index contributed by atoms with van der Waals surface area (Å²) in [7, 11) is 1.63. The number of nitrogens with two attached hydrogens (primary N) is 1. The number of nitrogens with zero attached hydrogens (tertiary/aromatic N) is 2. The lowest BCUT2D eigenvalue weighted by atomic mass is 10.3. The molecule has 5 heteroatoms. The molecule has 1 aromatic carbocycles. The zero-order valence-electron chi connectivity index (χ0n) is 8.84. The Bertz CT molecular complexity index is 470. The van der Waals surface area contributed by atoms with Gasteiger partial charge in [-0.3, -0.25) is 0 Å². The predicted molar refractivity (Wildman–Crippen MR) is 62.7 cm³/mol. The Morgan fingerprint density at radius 1 is 1.19 bits per heavy atom. The van der Waals surface area contributed by atoms with E-state index in [1.807, 2.05) is 24.3 Å². The van der Waals surface area contributed by atoms with Crippen LogP contribution in [0.4, 0.5) is 17.5 Å². The molecule has 2 aromatic rings. The van der Waals surface area contributed by atoms with Crippen LogP contribution in [0.5, 0.6) is 5.75 Å². The molecule has 0 saturated heterocycles. The molecular weight excluding hydrogens is 204 g/mol. The number of benzene rings is 1. The molecule has 0 saturated carbocycles. The Morgan fingerprint density at radius 3 is 2.56 bits per heavy atom. The fourth-order valence-corrected chi connectivity index (χ4v) is 1.24. The van der Waals surface area contributed by atoms with E-state index in [2.05, 4.69) is 15.3 Å². The van der Waals surface area contributed by atoms with Gasteiger partial charge in [0.2, 0.25) is 5.95 Å². The van der Waals surface area contributed by atoms with Crippen molar-refractivity contribution in [1.82, 2.24) is 9.97 Å². The van der Waals surface area contributed by atoms with Crippen LogP contribution in [0.1, 0.15) is 0 Å². The van der Waals surface area contributed by atoms with E-state index in [0.29, 0.717) is 11.8 Å². The maximum absolute atomic E-state index is 5.55. The van der Waals surface area contributed by atoms with Crippen molar-refractivity contribution in [2.24, 2.45) is 0 Å². The molecule has 0 spiro atoms. The lowest BCUT2D eigenvalue weighted by molar-refractivity contribution is 0.415. The molecule has 0 atom stereocenters. The number of nitrogen functional groups attached to an aromatic ring is 1. The van der Waals surface area contributed by atoms with Crippen molar-refractivity contribution in [2.75, 3.05) is 18.2 Å². The second-order valence-electron chi connectivity index (χ2n) is 3.16. The molecule has 0 fully saturated rings. The van der Waals surface area contributed by atoms with Crippen LogP contribution in [0.2, 0.25) is 0 Å². The first-order valence-electron chi connectivity index (χ1n) is 4.77. The first-order valence-corrected chi connectivity index (χ1v) is 4.77. The van der Waals surface area contributed by atoms with Crippen molar-refractivity contribution in [2.45, 2.75) is 0 Å². The highest BCUT2D eigenvalue weighted by Crippen LogP contribution is 2.17. The summed E-state index contributed by atoms with van der Waals surface area (Å²) in [5, 5.41) is 3.04. The molecule has 5 nitrogen and oxygen atoms in total. The first kappa shape index (κ1) is 10.2. The van der Waals surface area contributed by atoms with Gasteiger partial charge >= 0.3 is 0 Å². The molecule has 0 aliphatic rings. The average molecular weight is 216 g/mol. The topological polar surface area (TPSA) is 73.1 Å². The van der Waals surface area contributed by atoms with Crippen molar-refractivity contribution >= 4 is 17.5 Å². The molecule has 82 valence electrons. The quantitative estimate of drug-likeness (QED) is 0.818. The molecule has 0 aliphatic carbocycles. The molecule has 0 amide bonds. The normalized spacial score (nSPS) is 9.81. The van der Waals surface area contributed by atoms with E-state index >= 15 is 0 Å². The molecule has 3 N–H and O–H groups in total. The zero-order valence-corrected chi connectivity index (χ0v) is 8.84. The van der Waals surface area contributed by atoms with Crippen molar-refractivity contribution in [3.8, 4) is 5.75 Å². The molecule has 16 heavy (non-hydrogen) atoms. The van der Waals surface area contributed by atoms with E-state index in [9.17, 15) is 0 Å². The van der Waals surface area contributed by atoms with E-state index in [-0.39, 0.29) is 0 Å². The lowest BCUT2D eigenvalue weighted by Gasteiger charge is -2.05. The monoisotopic (exact) mass is 216 g/mol. The van der Waals surface area contributed by atoms with E-state index in [1.54, 1.807) is 19.4 Å². The Hall–Kier alpha value is -2.30. The van der Waals surface area contributed by atoms with Crippen LogP contribution in [-0.4, -0.2) is 17.1 Å². The van der Waals surface area contributed by atoms with Crippen LogP contribution in [0.3, 0.4) is 0 Å². The standard InChI is InChI=1S/C11H12N4O/c1-16-9-4-2-8(3-5-9)14-11-13-7-6-10(12)15-11/h2-7H,1H3,(H3,12,13,14,15). The van der Waals surface area contributed by atoms with Crippen LogP contribution in [0.15, 0.2) is 36.5 Å². The fourth-order valence-electron chi connectivity index (χ4n) is 1.24.